The highest BCUT2D eigenvalue weighted by molar-refractivity contribution is 6.32. The third-order valence-electron chi connectivity index (χ3n) is 4.54. The number of rotatable bonds is 6. The van der Waals surface area contributed by atoms with Gasteiger partial charge >= 0.3 is 0 Å². The summed E-state index contributed by atoms with van der Waals surface area (Å²) in [5.41, 5.74) is 0.666. The van der Waals surface area contributed by atoms with E-state index in [1.54, 1.807) is 36.4 Å². The average molecular weight is 402 g/mol. The molecular weight excluding hydrogens is 378 g/mol. The van der Waals surface area contributed by atoms with E-state index in [9.17, 15) is 9.59 Å². The monoisotopic (exact) mass is 401 g/mol. The first-order valence-electron chi connectivity index (χ1n) is 9.28. The van der Waals surface area contributed by atoms with Crippen molar-refractivity contribution in [2.24, 2.45) is 5.92 Å². The summed E-state index contributed by atoms with van der Waals surface area (Å²) in [5.74, 6) is 1.16. The Balaban J connectivity index is 1.58. The van der Waals surface area contributed by atoms with E-state index in [0.29, 0.717) is 35.3 Å². The molecular formula is C21H24ClN3O3. The summed E-state index contributed by atoms with van der Waals surface area (Å²) < 4.78 is 5.75. The lowest BCUT2D eigenvalue weighted by molar-refractivity contribution is -0.132. The number of anilines is 1. The molecule has 0 aliphatic carbocycles. The molecule has 0 radical (unpaired) electrons. The zero-order chi connectivity index (χ0) is 20.1. The van der Waals surface area contributed by atoms with Gasteiger partial charge in [-0.15, -0.1) is 0 Å². The topological polar surface area (TPSA) is 70.7 Å². The highest BCUT2D eigenvalue weighted by Crippen LogP contribution is 2.29. The number of nitrogens with zero attached hydrogens (tertiary/aromatic N) is 1. The molecule has 2 amide bonds. The molecule has 1 aliphatic rings. The summed E-state index contributed by atoms with van der Waals surface area (Å²) in [5, 5.41) is 6.27. The Hall–Kier alpha value is -2.57. The molecule has 6 nitrogen and oxygen atoms in total. The Morgan fingerprint density at radius 1 is 1.25 bits per heavy atom. The van der Waals surface area contributed by atoms with Crippen molar-refractivity contribution in [3.8, 4) is 11.5 Å². The Morgan fingerprint density at radius 2 is 1.96 bits per heavy atom. The van der Waals surface area contributed by atoms with E-state index in [2.05, 4.69) is 10.6 Å². The van der Waals surface area contributed by atoms with Crippen LogP contribution in [0, 0.1) is 5.92 Å². The Morgan fingerprint density at radius 3 is 2.64 bits per heavy atom. The highest BCUT2D eigenvalue weighted by atomic mass is 35.5. The van der Waals surface area contributed by atoms with Crippen molar-refractivity contribution >= 4 is 29.1 Å². The predicted molar refractivity (Wildman–Crippen MR) is 110 cm³/mol. The van der Waals surface area contributed by atoms with Crippen LogP contribution in [0.15, 0.2) is 48.5 Å². The predicted octanol–water partition coefficient (Wildman–Crippen LogP) is 3.53. The van der Waals surface area contributed by atoms with Gasteiger partial charge in [-0.25, -0.2) is 0 Å². The molecule has 3 rings (SSSR count). The minimum absolute atomic E-state index is 0.0184. The Labute approximate surface area is 169 Å². The van der Waals surface area contributed by atoms with Gasteiger partial charge in [0.25, 0.3) is 0 Å². The summed E-state index contributed by atoms with van der Waals surface area (Å²) in [6, 6.07) is 14.0. The maximum atomic E-state index is 12.4. The lowest BCUT2D eigenvalue weighted by Gasteiger charge is -2.36. The fourth-order valence-corrected chi connectivity index (χ4v) is 3.45. The molecule has 0 aromatic heterocycles. The second-order valence-electron chi connectivity index (χ2n) is 7.06. The van der Waals surface area contributed by atoms with E-state index in [0.717, 1.165) is 0 Å². The first-order valence-corrected chi connectivity index (χ1v) is 9.66. The number of benzene rings is 2. The zero-order valence-corrected chi connectivity index (χ0v) is 16.7. The summed E-state index contributed by atoms with van der Waals surface area (Å²) in [6.07, 6.45) is 0. The number of nitrogens with one attached hydrogen (secondary N) is 2. The number of halogens is 1. The van der Waals surface area contributed by atoms with Crippen molar-refractivity contribution in [1.82, 2.24) is 10.2 Å². The number of carbonyl (C=O) groups excluding carboxylic acids is 2. The van der Waals surface area contributed by atoms with Gasteiger partial charge in [0.15, 0.2) is 0 Å². The molecule has 1 unspecified atom stereocenters. The Bertz CT molecular complexity index is 839. The molecule has 148 valence electrons. The molecule has 2 aromatic carbocycles. The lowest BCUT2D eigenvalue weighted by atomic mass is 10.00. The quantitative estimate of drug-likeness (QED) is 0.776. The first kappa shape index (κ1) is 20.2. The number of carbonyl (C=O) groups is 2. The van der Waals surface area contributed by atoms with Crippen LogP contribution < -0.4 is 15.4 Å². The summed E-state index contributed by atoms with van der Waals surface area (Å²) >= 11 is 6.10. The van der Waals surface area contributed by atoms with Crippen molar-refractivity contribution in [3.63, 3.8) is 0 Å². The summed E-state index contributed by atoms with van der Waals surface area (Å²) in [7, 11) is 0. The van der Waals surface area contributed by atoms with E-state index in [1.165, 1.54) is 0 Å². The third kappa shape index (κ3) is 5.03. The second kappa shape index (κ2) is 9.08. The molecule has 0 spiro atoms. The SMILES string of the molecule is CC(C)C1C(=O)NCCN1CC(=O)Nc1ccc(Oc2ccccc2Cl)cc1. The number of ether oxygens (including phenoxy) is 1. The molecule has 7 heteroatoms. The van der Waals surface area contributed by atoms with Gasteiger partial charge in [-0.3, -0.25) is 14.5 Å². The van der Waals surface area contributed by atoms with Crippen LogP contribution in [0.1, 0.15) is 13.8 Å². The third-order valence-corrected chi connectivity index (χ3v) is 4.85. The summed E-state index contributed by atoms with van der Waals surface area (Å²) in [4.78, 5) is 26.5. The number of hydrogen-bond donors (Lipinski definition) is 2. The van der Waals surface area contributed by atoms with Gasteiger partial charge in [-0.2, -0.15) is 0 Å². The normalized spacial score (nSPS) is 17.3. The van der Waals surface area contributed by atoms with Gasteiger partial charge in [0.05, 0.1) is 17.6 Å². The maximum Gasteiger partial charge on any atom is 0.238 e. The molecule has 28 heavy (non-hydrogen) atoms. The zero-order valence-electron chi connectivity index (χ0n) is 15.9. The average Bonchev–Trinajstić information content (AvgIpc) is 2.65. The molecule has 1 aliphatic heterocycles. The minimum atomic E-state index is -0.286. The van der Waals surface area contributed by atoms with Crippen LogP contribution in [0.2, 0.25) is 5.02 Å². The van der Waals surface area contributed by atoms with E-state index in [-0.39, 0.29) is 30.3 Å². The van der Waals surface area contributed by atoms with Crippen LogP contribution >= 0.6 is 11.6 Å². The molecule has 2 aromatic rings. The molecule has 2 N–H and O–H groups in total. The number of piperazine rings is 1. The van der Waals surface area contributed by atoms with Gasteiger partial charge in [0, 0.05) is 18.8 Å². The van der Waals surface area contributed by atoms with E-state index in [4.69, 9.17) is 16.3 Å². The van der Waals surface area contributed by atoms with Crippen molar-refractivity contribution in [2.75, 3.05) is 25.0 Å². The molecule has 0 bridgehead atoms. The fraction of sp³-hybridized carbons (Fsp3) is 0.333. The van der Waals surface area contributed by atoms with Crippen LogP contribution in [0.4, 0.5) is 5.69 Å². The Kier molecular flexibility index (Phi) is 6.54. The van der Waals surface area contributed by atoms with Gasteiger partial charge in [-0.05, 0) is 42.3 Å². The molecule has 1 atom stereocenters. The van der Waals surface area contributed by atoms with Crippen LogP contribution in [-0.2, 0) is 9.59 Å². The molecule has 0 saturated carbocycles. The van der Waals surface area contributed by atoms with Crippen molar-refractivity contribution < 1.29 is 14.3 Å². The second-order valence-corrected chi connectivity index (χ2v) is 7.46. The highest BCUT2D eigenvalue weighted by Gasteiger charge is 2.33. The van der Waals surface area contributed by atoms with Gasteiger partial charge in [0.1, 0.15) is 11.5 Å². The van der Waals surface area contributed by atoms with Gasteiger partial charge in [0.2, 0.25) is 11.8 Å². The molecule has 1 heterocycles. The largest absolute Gasteiger partial charge is 0.456 e. The van der Waals surface area contributed by atoms with Gasteiger partial charge in [-0.1, -0.05) is 37.6 Å². The van der Waals surface area contributed by atoms with E-state index < -0.39 is 0 Å². The lowest BCUT2D eigenvalue weighted by Crippen LogP contribution is -2.58. The van der Waals surface area contributed by atoms with Crippen molar-refractivity contribution in [3.05, 3.63) is 53.6 Å². The first-order chi connectivity index (χ1) is 13.4. The smallest absolute Gasteiger partial charge is 0.238 e. The van der Waals surface area contributed by atoms with Crippen LogP contribution in [-0.4, -0.2) is 42.4 Å². The minimum Gasteiger partial charge on any atom is -0.456 e. The van der Waals surface area contributed by atoms with E-state index in [1.807, 2.05) is 30.9 Å². The molecule has 1 saturated heterocycles. The number of amides is 2. The molecule has 1 fully saturated rings. The van der Waals surface area contributed by atoms with Crippen molar-refractivity contribution in [2.45, 2.75) is 19.9 Å². The number of hydrogen-bond acceptors (Lipinski definition) is 4. The fourth-order valence-electron chi connectivity index (χ4n) is 3.28. The van der Waals surface area contributed by atoms with Crippen LogP contribution in [0.25, 0.3) is 0 Å². The number of para-hydroxylation sites is 1. The van der Waals surface area contributed by atoms with Crippen molar-refractivity contribution in [1.29, 1.82) is 0 Å². The van der Waals surface area contributed by atoms with Crippen LogP contribution in [0.3, 0.4) is 0 Å². The van der Waals surface area contributed by atoms with Gasteiger partial charge < -0.3 is 15.4 Å². The van der Waals surface area contributed by atoms with Crippen LogP contribution in [0.5, 0.6) is 11.5 Å². The standard InChI is InChI=1S/C21H24ClN3O3/c1-14(2)20-21(27)23-11-12-25(20)13-19(26)24-15-7-9-16(10-8-15)28-18-6-4-3-5-17(18)22/h3-10,14,20H,11-13H2,1-2H3,(H,23,27)(H,24,26). The summed E-state index contributed by atoms with van der Waals surface area (Å²) in [6.45, 7) is 5.36. The maximum absolute atomic E-state index is 12.4. The van der Waals surface area contributed by atoms with E-state index >= 15 is 0 Å².